The van der Waals surface area contributed by atoms with Gasteiger partial charge in [-0.3, -0.25) is 0 Å². The van der Waals surface area contributed by atoms with Crippen molar-refractivity contribution >= 4 is 17.5 Å². The zero-order valence-corrected chi connectivity index (χ0v) is 13.7. The Hall–Kier alpha value is -1.91. The molecular weight excluding hydrogens is 280 g/mol. The van der Waals surface area contributed by atoms with E-state index in [1.54, 1.807) is 0 Å². The van der Waals surface area contributed by atoms with Crippen LogP contribution in [0.15, 0.2) is 18.2 Å². The summed E-state index contributed by atoms with van der Waals surface area (Å²) in [6, 6.07) is 6.88. The fraction of sp³-hybridized carbons (Fsp3) is 0.588. The fourth-order valence-electron chi connectivity index (χ4n) is 2.82. The molecule has 5 nitrogen and oxygen atoms in total. The lowest BCUT2D eigenvalue weighted by molar-refractivity contribution is 0.0206. The van der Waals surface area contributed by atoms with Crippen LogP contribution in [0.5, 0.6) is 5.75 Å². The average molecular weight is 304 g/mol. The molecule has 1 aromatic rings. The summed E-state index contributed by atoms with van der Waals surface area (Å²) < 4.78 is 10.5. The summed E-state index contributed by atoms with van der Waals surface area (Å²) in [5.41, 5.74) is 1.66. The van der Waals surface area contributed by atoms with Crippen LogP contribution in [-0.4, -0.2) is 30.4 Å². The van der Waals surface area contributed by atoms with E-state index >= 15 is 0 Å². The van der Waals surface area contributed by atoms with E-state index in [0.29, 0.717) is 17.8 Å². The highest BCUT2D eigenvalue weighted by Crippen LogP contribution is 2.41. The van der Waals surface area contributed by atoms with Crippen LogP contribution >= 0.6 is 0 Å². The van der Waals surface area contributed by atoms with E-state index in [2.05, 4.69) is 17.1 Å². The van der Waals surface area contributed by atoms with Crippen molar-refractivity contribution in [1.82, 2.24) is 0 Å². The molecule has 2 aliphatic rings. The molecule has 22 heavy (non-hydrogen) atoms. The summed E-state index contributed by atoms with van der Waals surface area (Å²) in [5, 5.41) is 3.41. The number of hydrogen-bond donors (Lipinski definition) is 1. The molecule has 0 radical (unpaired) electrons. The van der Waals surface area contributed by atoms with Crippen molar-refractivity contribution in [3.63, 3.8) is 0 Å². The van der Waals surface area contributed by atoms with Crippen molar-refractivity contribution in [2.45, 2.75) is 58.2 Å². The molecule has 1 aromatic carbocycles. The summed E-state index contributed by atoms with van der Waals surface area (Å²) >= 11 is 0. The number of carbonyl (C=O) groups excluding carboxylic acids is 1. The van der Waals surface area contributed by atoms with Gasteiger partial charge >= 0.3 is 6.16 Å². The maximum absolute atomic E-state index is 11.8. The molecule has 3 rings (SSSR count). The van der Waals surface area contributed by atoms with Crippen molar-refractivity contribution in [3.8, 4) is 5.75 Å². The molecule has 1 unspecified atom stereocenters. The normalized spacial score (nSPS) is 20.9. The number of anilines is 2. The van der Waals surface area contributed by atoms with Crippen LogP contribution in [0.4, 0.5) is 16.2 Å². The molecule has 1 saturated carbocycles. The third kappa shape index (κ3) is 3.29. The topological polar surface area (TPSA) is 50.8 Å². The van der Waals surface area contributed by atoms with E-state index in [1.807, 2.05) is 39.0 Å². The fourth-order valence-corrected chi connectivity index (χ4v) is 2.82. The van der Waals surface area contributed by atoms with E-state index in [1.165, 1.54) is 18.5 Å². The van der Waals surface area contributed by atoms with E-state index in [0.717, 1.165) is 12.2 Å². The second-order valence-electron chi connectivity index (χ2n) is 7.11. The van der Waals surface area contributed by atoms with Crippen LogP contribution in [0.2, 0.25) is 0 Å². The largest absolute Gasteiger partial charge is 0.514 e. The Morgan fingerprint density at radius 2 is 2.05 bits per heavy atom. The van der Waals surface area contributed by atoms with Gasteiger partial charge in [-0.1, -0.05) is 0 Å². The van der Waals surface area contributed by atoms with Crippen LogP contribution in [0.3, 0.4) is 0 Å². The second kappa shape index (κ2) is 5.38. The standard InChI is InChI=1S/C17H24N2O3/c1-11-10-18-14-9-13(21-16(20)22-17(2,3)4)7-8-15(14)19(11)12-5-6-12/h7-9,11-12,18H,5-6,10H2,1-4H3. The lowest BCUT2D eigenvalue weighted by Gasteiger charge is -2.38. The Balaban J connectivity index is 1.75. The highest BCUT2D eigenvalue weighted by Gasteiger charge is 2.35. The molecule has 0 saturated heterocycles. The molecule has 1 aliphatic heterocycles. The third-order valence-electron chi connectivity index (χ3n) is 3.84. The monoisotopic (exact) mass is 304 g/mol. The van der Waals surface area contributed by atoms with Gasteiger partial charge in [0.1, 0.15) is 11.4 Å². The van der Waals surface area contributed by atoms with E-state index < -0.39 is 11.8 Å². The van der Waals surface area contributed by atoms with Crippen LogP contribution in [-0.2, 0) is 4.74 Å². The molecule has 1 atom stereocenters. The van der Waals surface area contributed by atoms with Gasteiger partial charge in [0.05, 0.1) is 11.4 Å². The minimum Gasteiger partial charge on any atom is -0.428 e. The summed E-state index contributed by atoms with van der Waals surface area (Å²) in [7, 11) is 0. The number of fused-ring (bicyclic) bond motifs is 1. The Morgan fingerprint density at radius 3 is 2.68 bits per heavy atom. The highest BCUT2D eigenvalue weighted by molar-refractivity contribution is 5.76. The summed E-state index contributed by atoms with van der Waals surface area (Å²) in [5.74, 6) is 0.505. The molecule has 0 amide bonds. The first-order valence-corrected chi connectivity index (χ1v) is 7.90. The Morgan fingerprint density at radius 1 is 1.32 bits per heavy atom. The molecule has 0 spiro atoms. The Bertz CT molecular complexity index is 576. The summed E-state index contributed by atoms with van der Waals surface area (Å²) in [4.78, 5) is 14.2. The number of hydrogen-bond acceptors (Lipinski definition) is 5. The number of nitrogens with one attached hydrogen (secondary N) is 1. The lowest BCUT2D eigenvalue weighted by atomic mass is 10.1. The SMILES string of the molecule is CC1CNc2cc(OC(=O)OC(C)(C)C)ccc2N1C1CC1. The molecule has 1 heterocycles. The van der Waals surface area contributed by atoms with Gasteiger partial charge < -0.3 is 19.7 Å². The van der Waals surface area contributed by atoms with Gasteiger partial charge in [0.15, 0.2) is 0 Å². The van der Waals surface area contributed by atoms with Crippen LogP contribution < -0.4 is 15.0 Å². The quantitative estimate of drug-likeness (QED) is 0.665. The zero-order valence-electron chi connectivity index (χ0n) is 13.7. The smallest absolute Gasteiger partial charge is 0.428 e. The van der Waals surface area contributed by atoms with Gasteiger partial charge in [-0.05, 0) is 52.7 Å². The van der Waals surface area contributed by atoms with Crippen molar-refractivity contribution in [2.24, 2.45) is 0 Å². The maximum Gasteiger partial charge on any atom is 0.514 e. The van der Waals surface area contributed by atoms with E-state index in [9.17, 15) is 4.79 Å². The van der Waals surface area contributed by atoms with Gasteiger partial charge in [0.2, 0.25) is 0 Å². The molecular formula is C17H24N2O3. The summed E-state index contributed by atoms with van der Waals surface area (Å²) in [6.07, 6.45) is 1.86. The molecule has 5 heteroatoms. The lowest BCUT2D eigenvalue weighted by Crippen LogP contribution is -2.43. The first-order valence-electron chi connectivity index (χ1n) is 7.90. The van der Waals surface area contributed by atoms with Crippen LogP contribution in [0.25, 0.3) is 0 Å². The second-order valence-corrected chi connectivity index (χ2v) is 7.11. The molecule has 120 valence electrons. The number of carbonyl (C=O) groups is 1. The number of rotatable bonds is 2. The van der Waals surface area contributed by atoms with Gasteiger partial charge in [0.25, 0.3) is 0 Å². The van der Waals surface area contributed by atoms with Crippen LogP contribution in [0.1, 0.15) is 40.5 Å². The molecule has 1 N–H and O–H groups in total. The number of benzene rings is 1. The first-order chi connectivity index (χ1) is 10.3. The van der Waals surface area contributed by atoms with Crippen molar-refractivity contribution in [1.29, 1.82) is 0 Å². The molecule has 0 aromatic heterocycles. The average Bonchev–Trinajstić information content (AvgIpc) is 3.20. The number of nitrogens with zero attached hydrogens (tertiary/aromatic N) is 1. The van der Waals surface area contributed by atoms with Gasteiger partial charge in [-0.2, -0.15) is 0 Å². The predicted octanol–water partition coefficient (Wildman–Crippen LogP) is 3.78. The zero-order chi connectivity index (χ0) is 15.9. The third-order valence-corrected chi connectivity index (χ3v) is 3.84. The van der Waals surface area contributed by atoms with E-state index in [4.69, 9.17) is 9.47 Å². The van der Waals surface area contributed by atoms with Gasteiger partial charge in [-0.25, -0.2) is 4.79 Å². The first kappa shape index (κ1) is 15.0. The van der Waals surface area contributed by atoms with Gasteiger partial charge in [-0.15, -0.1) is 0 Å². The molecule has 1 fully saturated rings. The Labute approximate surface area is 131 Å². The molecule has 1 aliphatic carbocycles. The van der Waals surface area contributed by atoms with Crippen LogP contribution in [0, 0.1) is 0 Å². The minimum absolute atomic E-state index is 0.484. The van der Waals surface area contributed by atoms with E-state index in [-0.39, 0.29) is 0 Å². The number of ether oxygens (including phenoxy) is 2. The predicted molar refractivity (Wildman–Crippen MR) is 86.8 cm³/mol. The van der Waals surface area contributed by atoms with Gasteiger partial charge in [0, 0.05) is 24.7 Å². The Kier molecular flexibility index (Phi) is 3.67. The minimum atomic E-state index is -0.671. The molecule has 0 bridgehead atoms. The van der Waals surface area contributed by atoms with Crippen molar-refractivity contribution < 1.29 is 14.3 Å². The summed E-state index contributed by atoms with van der Waals surface area (Å²) in [6.45, 7) is 8.59. The maximum atomic E-state index is 11.8. The highest BCUT2D eigenvalue weighted by atomic mass is 16.7. The van der Waals surface area contributed by atoms with Crippen molar-refractivity contribution in [3.05, 3.63) is 18.2 Å². The van der Waals surface area contributed by atoms with Crippen molar-refractivity contribution in [2.75, 3.05) is 16.8 Å².